The summed E-state index contributed by atoms with van der Waals surface area (Å²) in [7, 11) is 0. The molecule has 0 aliphatic rings. The third-order valence-electron chi connectivity index (χ3n) is 3.86. The normalized spacial score (nSPS) is 10.5. The van der Waals surface area contributed by atoms with Crippen LogP contribution in [0.1, 0.15) is 40.0 Å². The summed E-state index contributed by atoms with van der Waals surface area (Å²) >= 11 is 0. The van der Waals surface area contributed by atoms with E-state index in [1.54, 1.807) is 20.8 Å². The highest BCUT2D eigenvalue weighted by Gasteiger charge is 2.11. The van der Waals surface area contributed by atoms with Crippen LogP contribution >= 0.6 is 0 Å². The van der Waals surface area contributed by atoms with E-state index in [1.807, 2.05) is 0 Å². The molecule has 0 radical (unpaired) electrons. The molecule has 0 heterocycles. The minimum absolute atomic E-state index is 0.225. The zero-order valence-electron chi connectivity index (χ0n) is 20.2. The number of carbonyl (C=O) groups is 3. The van der Waals surface area contributed by atoms with E-state index >= 15 is 0 Å². The van der Waals surface area contributed by atoms with Gasteiger partial charge >= 0.3 is 17.9 Å². The van der Waals surface area contributed by atoms with Crippen molar-refractivity contribution in [2.45, 2.75) is 46.1 Å². The van der Waals surface area contributed by atoms with Crippen LogP contribution < -0.4 is 0 Å². The maximum Gasteiger partial charge on any atom is 0.333 e. The van der Waals surface area contributed by atoms with Crippen molar-refractivity contribution in [2.75, 3.05) is 52.9 Å². The number of carbonyl (C=O) groups excluding carboxylic acids is 3. The van der Waals surface area contributed by atoms with Gasteiger partial charge in [-0.3, -0.25) is 0 Å². The smallest absolute Gasteiger partial charge is 0.333 e. The summed E-state index contributed by atoms with van der Waals surface area (Å²) in [6.07, 6.45) is 1.26. The van der Waals surface area contributed by atoms with Crippen molar-refractivity contribution < 1.29 is 42.8 Å². The molecule has 0 aromatic heterocycles. The fourth-order valence-electron chi connectivity index (χ4n) is 2.07. The van der Waals surface area contributed by atoms with Crippen LogP contribution in [0.25, 0.3) is 0 Å². The van der Waals surface area contributed by atoms with Gasteiger partial charge in [0.15, 0.2) is 0 Å². The van der Waals surface area contributed by atoms with Crippen LogP contribution in [0.5, 0.6) is 0 Å². The van der Waals surface area contributed by atoms with Crippen molar-refractivity contribution in [3.8, 4) is 0 Å². The standard InChI is InChI=1S/C24H38O9/c1-18(2)22(25)31-13-7-10-28-16-21(30-12-9-15-33-24(27)20(5)6)17-29-11-8-14-32-23(26)19(3)4/h21H,1,3,5,7-17H2,2,4,6H3. The van der Waals surface area contributed by atoms with Crippen molar-refractivity contribution in [3.63, 3.8) is 0 Å². The highest BCUT2D eigenvalue weighted by molar-refractivity contribution is 5.87. The number of ether oxygens (including phenoxy) is 6. The summed E-state index contributed by atoms with van der Waals surface area (Å²) in [4.78, 5) is 34.0. The monoisotopic (exact) mass is 470 g/mol. The zero-order valence-corrected chi connectivity index (χ0v) is 20.2. The van der Waals surface area contributed by atoms with Crippen molar-refractivity contribution in [2.24, 2.45) is 0 Å². The van der Waals surface area contributed by atoms with Crippen LogP contribution in [0, 0.1) is 0 Å². The summed E-state index contributed by atoms with van der Waals surface area (Å²) in [5.74, 6) is -1.28. The molecule has 0 aromatic rings. The van der Waals surface area contributed by atoms with Gasteiger partial charge < -0.3 is 28.4 Å². The third-order valence-corrected chi connectivity index (χ3v) is 3.86. The van der Waals surface area contributed by atoms with Gasteiger partial charge in [-0.2, -0.15) is 0 Å². The molecule has 9 heteroatoms. The molecule has 0 aromatic carbocycles. The molecule has 33 heavy (non-hydrogen) atoms. The Balaban J connectivity index is 4.18. The molecule has 0 amide bonds. The van der Waals surface area contributed by atoms with Gasteiger partial charge in [0.05, 0.1) is 39.6 Å². The molecule has 0 aliphatic heterocycles. The van der Waals surface area contributed by atoms with Gasteiger partial charge in [0.1, 0.15) is 6.10 Å². The molecule has 0 atom stereocenters. The average molecular weight is 471 g/mol. The van der Waals surface area contributed by atoms with E-state index in [4.69, 9.17) is 28.4 Å². The van der Waals surface area contributed by atoms with E-state index in [0.717, 1.165) is 0 Å². The summed E-state index contributed by atoms with van der Waals surface area (Å²) in [5, 5.41) is 0. The van der Waals surface area contributed by atoms with E-state index in [-0.39, 0.29) is 39.1 Å². The van der Waals surface area contributed by atoms with Crippen molar-refractivity contribution in [1.29, 1.82) is 0 Å². The highest BCUT2D eigenvalue weighted by Crippen LogP contribution is 2.02. The van der Waals surface area contributed by atoms with Gasteiger partial charge in [-0.25, -0.2) is 14.4 Å². The second kappa shape index (κ2) is 19.0. The van der Waals surface area contributed by atoms with E-state index in [0.29, 0.717) is 55.8 Å². The Bertz CT molecular complexity index is 616. The van der Waals surface area contributed by atoms with Crippen LogP contribution in [-0.2, 0) is 42.8 Å². The summed E-state index contributed by atoms with van der Waals surface area (Å²) in [5.41, 5.74) is 1.05. The first-order valence-electron chi connectivity index (χ1n) is 10.9. The SMILES string of the molecule is C=C(C)C(=O)OCCCOCC(COCCCOC(=O)C(=C)C)OCCCOC(=O)C(=C)C. The van der Waals surface area contributed by atoms with E-state index in [1.165, 1.54) is 0 Å². The van der Waals surface area contributed by atoms with Gasteiger partial charge in [-0.15, -0.1) is 0 Å². The van der Waals surface area contributed by atoms with Crippen LogP contribution in [-0.4, -0.2) is 76.9 Å². The van der Waals surface area contributed by atoms with Crippen LogP contribution in [0.2, 0.25) is 0 Å². The Morgan fingerprint density at radius 1 is 0.576 bits per heavy atom. The number of hydrogen-bond donors (Lipinski definition) is 0. The maximum atomic E-state index is 11.4. The van der Waals surface area contributed by atoms with E-state index in [2.05, 4.69) is 19.7 Å². The lowest BCUT2D eigenvalue weighted by molar-refractivity contribution is -0.141. The average Bonchev–Trinajstić information content (AvgIpc) is 2.76. The van der Waals surface area contributed by atoms with Gasteiger partial charge in [-0.1, -0.05) is 19.7 Å². The van der Waals surface area contributed by atoms with E-state index < -0.39 is 17.9 Å². The lowest BCUT2D eigenvalue weighted by Crippen LogP contribution is -2.27. The molecule has 0 bridgehead atoms. The van der Waals surface area contributed by atoms with Gasteiger partial charge in [0.25, 0.3) is 0 Å². The molecule has 0 N–H and O–H groups in total. The molecule has 0 saturated heterocycles. The first kappa shape index (κ1) is 30.5. The van der Waals surface area contributed by atoms with Crippen molar-refractivity contribution >= 4 is 17.9 Å². The lowest BCUT2D eigenvalue weighted by atomic mass is 10.3. The van der Waals surface area contributed by atoms with E-state index in [9.17, 15) is 14.4 Å². The van der Waals surface area contributed by atoms with Crippen LogP contribution in [0.3, 0.4) is 0 Å². The summed E-state index contributed by atoms with van der Waals surface area (Å²) < 4.78 is 32.0. The first-order chi connectivity index (χ1) is 15.6. The molecule has 0 unspecified atom stereocenters. The fourth-order valence-corrected chi connectivity index (χ4v) is 2.07. The largest absolute Gasteiger partial charge is 0.462 e. The Morgan fingerprint density at radius 3 is 1.24 bits per heavy atom. The van der Waals surface area contributed by atoms with Crippen molar-refractivity contribution in [1.82, 2.24) is 0 Å². The van der Waals surface area contributed by atoms with Crippen LogP contribution in [0.15, 0.2) is 36.5 Å². The molecular formula is C24H38O9. The second-order valence-corrected chi connectivity index (χ2v) is 7.45. The van der Waals surface area contributed by atoms with Gasteiger partial charge in [0, 0.05) is 49.2 Å². The van der Waals surface area contributed by atoms with Gasteiger partial charge in [0.2, 0.25) is 0 Å². The Morgan fingerprint density at radius 2 is 0.909 bits per heavy atom. The molecule has 0 fully saturated rings. The predicted molar refractivity (Wildman–Crippen MR) is 123 cm³/mol. The lowest BCUT2D eigenvalue weighted by Gasteiger charge is -2.18. The van der Waals surface area contributed by atoms with Gasteiger partial charge in [-0.05, 0) is 20.8 Å². The topological polar surface area (TPSA) is 107 Å². The first-order valence-corrected chi connectivity index (χ1v) is 10.9. The minimum Gasteiger partial charge on any atom is -0.462 e. The third kappa shape index (κ3) is 17.7. The zero-order chi connectivity index (χ0) is 25.1. The Labute approximate surface area is 196 Å². The fraction of sp³-hybridized carbons (Fsp3) is 0.625. The molecule has 0 aliphatic carbocycles. The predicted octanol–water partition coefficient (Wildman–Crippen LogP) is 2.93. The summed E-state index contributed by atoms with van der Waals surface area (Å²) in [6, 6.07) is 0. The minimum atomic E-state index is -0.432. The number of esters is 3. The Hall–Kier alpha value is -2.49. The number of hydrogen-bond acceptors (Lipinski definition) is 9. The molecule has 0 rings (SSSR count). The summed E-state index contributed by atoms with van der Waals surface area (Å²) in [6.45, 7) is 17.7. The molecule has 188 valence electrons. The maximum absolute atomic E-state index is 11.4. The number of rotatable bonds is 20. The molecule has 0 spiro atoms. The Kier molecular flexibility index (Phi) is 17.6. The second-order valence-electron chi connectivity index (χ2n) is 7.45. The molecular weight excluding hydrogens is 432 g/mol. The van der Waals surface area contributed by atoms with Crippen LogP contribution in [0.4, 0.5) is 0 Å². The molecule has 9 nitrogen and oxygen atoms in total. The molecule has 0 saturated carbocycles. The quantitative estimate of drug-likeness (QED) is 0.115. The van der Waals surface area contributed by atoms with Crippen molar-refractivity contribution in [3.05, 3.63) is 36.5 Å². The highest BCUT2D eigenvalue weighted by atomic mass is 16.6.